The monoisotopic (exact) mass is 413 g/mol. The van der Waals surface area contributed by atoms with Gasteiger partial charge in [-0.3, -0.25) is 4.79 Å². The van der Waals surface area contributed by atoms with E-state index in [4.69, 9.17) is 16.3 Å². The van der Waals surface area contributed by atoms with Crippen molar-refractivity contribution in [1.29, 1.82) is 0 Å². The number of hydrogen-bond acceptors (Lipinski definition) is 5. The van der Waals surface area contributed by atoms with E-state index in [0.717, 1.165) is 17.0 Å². The van der Waals surface area contributed by atoms with Crippen molar-refractivity contribution in [3.05, 3.63) is 76.1 Å². The number of hydrogen-bond donors (Lipinski definition) is 1. The van der Waals surface area contributed by atoms with Crippen molar-refractivity contribution < 1.29 is 9.53 Å². The Labute approximate surface area is 173 Å². The number of nitrogens with zero attached hydrogens (tertiary/aromatic N) is 2. The molecule has 0 bridgehead atoms. The van der Waals surface area contributed by atoms with E-state index < -0.39 is 0 Å². The van der Waals surface area contributed by atoms with E-state index in [2.05, 4.69) is 15.3 Å². The molecule has 0 aliphatic heterocycles. The molecule has 28 heavy (non-hydrogen) atoms. The van der Waals surface area contributed by atoms with Crippen molar-refractivity contribution in [3.63, 3.8) is 0 Å². The number of thioether (sulfide) groups is 1. The Morgan fingerprint density at radius 2 is 1.82 bits per heavy atom. The van der Waals surface area contributed by atoms with E-state index in [1.54, 1.807) is 31.4 Å². The van der Waals surface area contributed by atoms with Gasteiger partial charge in [-0.1, -0.05) is 41.6 Å². The van der Waals surface area contributed by atoms with Crippen LogP contribution in [0, 0.1) is 13.8 Å². The Kier molecular flexibility index (Phi) is 6.54. The molecule has 0 saturated heterocycles. The van der Waals surface area contributed by atoms with Crippen LogP contribution in [0.25, 0.3) is 0 Å². The highest BCUT2D eigenvalue weighted by Gasteiger charge is 2.13. The normalized spacial score (nSPS) is 10.6. The number of methoxy groups -OCH3 is 1. The smallest absolute Gasteiger partial charge is 0.255 e. The number of carbonyl (C=O) groups excluding carboxylic acids is 1. The Balaban J connectivity index is 1.75. The number of nitrogens with one attached hydrogen (secondary N) is 1. The molecule has 3 rings (SSSR count). The fourth-order valence-corrected chi connectivity index (χ4v) is 3.92. The maximum absolute atomic E-state index is 12.8. The summed E-state index contributed by atoms with van der Waals surface area (Å²) in [5.74, 6) is 0.958. The number of aromatic nitrogens is 2. The molecule has 0 radical (unpaired) electrons. The van der Waals surface area contributed by atoms with Crippen LogP contribution in [0.4, 0.5) is 5.69 Å². The summed E-state index contributed by atoms with van der Waals surface area (Å²) in [7, 11) is 1.55. The van der Waals surface area contributed by atoms with Crippen LogP contribution in [-0.4, -0.2) is 23.0 Å². The molecule has 2 aromatic carbocycles. The second kappa shape index (κ2) is 9.08. The first kappa shape index (κ1) is 20.2. The van der Waals surface area contributed by atoms with Crippen molar-refractivity contribution in [2.75, 3.05) is 12.4 Å². The van der Waals surface area contributed by atoms with Gasteiger partial charge in [-0.05, 0) is 49.7 Å². The lowest BCUT2D eigenvalue weighted by molar-refractivity contribution is 0.102. The van der Waals surface area contributed by atoms with Crippen molar-refractivity contribution >= 4 is 35.0 Å². The summed E-state index contributed by atoms with van der Waals surface area (Å²) in [6, 6.07) is 14.6. The highest BCUT2D eigenvalue weighted by molar-refractivity contribution is 7.98. The van der Waals surface area contributed by atoms with E-state index >= 15 is 0 Å². The zero-order chi connectivity index (χ0) is 20.1. The fourth-order valence-electron chi connectivity index (χ4n) is 2.71. The van der Waals surface area contributed by atoms with E-state index in [9.17, 15) is 4.79 Å². The first-order valence-electron chi connectivity index (χ1n) is 8.64. The predicted octanol–water partition coefficient (Wildman–Crippen LogP) is 5.30. The van der Waals surface area contributed by atoms with Crippen molar-refractivity contribution in [1.82, 2.24) is 9.97 Å². The Morgan fingerprint density at radius 1 is 1.11 bits per heavy atom. The van der Waals surface area contributed by atoms with Gasteiger partial charge in [0.15, 0.2) is 5.16 Å². The van der Waals surface area contributed by atoms with Crippen LogP contribution in [0.3, 0.4) is 0 Å². The molecule has 1 heterocycles. The van der Waals surface area contributed by atoms with Crippen LogP contribution < -0.4 is 10.1 Å². The van der Waals surface area contributed by atoms with Gasteiger partial charge in [-0.2, -0.15) is 0 Å². The maximum atomic E-state index is 12.8. The van der Waals surface area contributed by atoms with Gasteiger partial charge >= 0.3 is 0 Å². The molecule has 0 unspecified atom stereocenters. The summed E-state index contributed by atoms with van der Waals surface area (Å²) in [5.41, 5.74) is 3.98. The first-order valence-corrected chi connectivity index (χ1v) is 10.0. The summed E-state index contributed by atoms with van der Waals surface area (Å²) in [6.45, 7) is 3.89. The molecule has 0 fully saturated rings. The van der Waals surface area contributed by atoms with Crippen LogP contribution in [0.15, 0.2) is 53.7 Å². The number of amides is 1. The lowest BCUT2D eigenvalue weighted by atomic mass is 10.1. The van der Waals surface area contributed by atoms with Gasteiger partial charge < -0.3 is 10.1 Å². The van der Waals surface area contributed by atoms with Crippen LogP contribution in [0.2, 0.25) is 5.02 Å². The van der Waals surface area contributed by atoms with Gasteiger partial charge in [-0.25, -0.2) is 9.97 Å². The molecule has 0 aliphatic rings. The van der Waals surface area contributed by atoms with E-state index in [-0.39, 0.29) is 5.91 Å². The van der Waals surface area contributed by atoms with Crippen molar-refractivity contribution in [2.45, 2.75) is 24.8 Å². The Hall–Kier alpha value is -2.57. The molecule has 0 aliphatic carbocycles. The average molecular weight is 414 g/mol. The highest BCUT2D eigenvalue weighted by atomic mass is 35.5. The van der Waals surface area contributed by atoms with E-state index in [1.165, 1.54) is 11.8 Å². The molecule has 0 atom stereocenters. The van der Waals surface area contributed by atoms with Gasteiger partial charge in [0.05, 0.1) is 12.1 Å². The molecule has 144 valence electrons. The summed E-state index contributed by atoms with van der Waals surface area (Å²) in [6.07, 6.45) is 0. The van der Waals surface area contributed by atoms with Gasteiger partial charge in [-0.15, -0.1) is 0 Å². The zero-order valence-electron chi connectivity index (χ0n) is 15.8. The molecule has 7 heteroatoms. The predicted molar refractivity (Wildman–Crippen MR) is 113 cm³/mol. The molecule has 0 spiro atoms. The number of benzene rings is 2. The van der Waals surface area contributed by atoms with E-state index in [0.29, 0.717) is 32.9 Å². The minimum absolute atomic E-state index is 0.196. The lowest BCUT2D eigenvalue weighted by Gasteiger charge is -2.11. The number of anilines is 1. The number of aryl methyl sites for hydroxylation is 2. The SMILES string of the molecule is COc1ccc(NC(=O)c2ccccc2CSc2nc(C)cc(C)n2)cc1Cl. The lowest BCUT2D eigenvalue weighted by Crippen LogP contribution is -2.14. The minimum atomic E-state index is -0.196. The molecule has 3 aromatic rings. The second-order valence-corrected chi connectivity index (χ2v) is 7.53. The highest BCUT2D eigenvalue weighted by Crippen LogP contribution is 2.28. The molecular formula is C21H20ClN3O2S. The van der Waals surface area contributed by atoms with Crippen LogP contribution in [0.5, 0.6) is 5.75 Å². The molecule has 1 N–H and O–H groups in total. The quantitative estimate of drug-likeness (QED) is 0.438. The molecule has 5 nitrogen and oxygen atoms in total. The molecule has 1 amide bonds. The largest absolute Gasteiger partial charge is 0.495 e. The second-order valence-electron chi connectivity index (χ2n) is 6.18. The Morgan fingerprint density at radius 3 is 2.50 bits per heavy atom. The van der Waals surface area contributed by atoms with Crippen molar-refractivity contribution in [3.8, 4) is 5.75 Å². The topological polar surface area (TPSA) is 64.1 Å². The fraction of sp³-hybridized carbons (Fsp3) is 0.190. The number of carbonyl (C=O) groups is 1. The summed E-state index contributed by atoms with van der Waals surface area (Å²) < 4.78 is 5.14. The number of ether oxygens (including phenoxy) is 1. The first-order chi connectivity index (χ1) is 13.5. The standard InChI is InChI=1S/C21H20ClN3O2S/c1-13-10-14(2)24-21(23-13)28-12-15-6-4-5-7-17(15)20(26)25-16-8-9-19(27-3)18(22)11-16/h4-11H,12H2,1-3H3,(H,25,26). The van der Waals surface area contributed by atoms with Gasteiger partial charge in [0.1, 0.15) is 5.75 Å². The molecular weight excluding hydrogens is 394 g/mol. The van der Waals surface area contributed by atoms with Crippen LogP contribution in [0.1, 0.15) is 27.3 Å². The number of rotatable bonds is 6. The van der Waals surface area contributed by atoms with Crippen molar-refractivity contribution in [2.24, 2.45) is 0 Å². The summed E-state index contributed by atoms with van der Waals surface area (Å²) in [5, 5.41) is 4.03. The van der Waals surface area contributed by atoms with Crippen LogP contribution >= 0.6 is 23.4 Å². The van der Waals surface area contributed by atoms with Crippen LogP contribution in [-0.2, 0) is 5.75 Å². The third kappa shape index (κ3) is 5.03. The van der Waals surface area contributed by atoms with Gasteiger partial charge in [0, 0.05) is 28.4 Å². The third-order valence-corrected chi connectivity index (χ3v) is 5.18. The van der Waals surface area contributed by atoms with Gasteiger partial charge in [0.25, 0.3) is 5.91 Å². The molecule has 0 saturated carbocycles. The van der Waals surface area contributed by atoms with Gasteiger partial charge in [0.2, 0.25) is 0 Å². The number of halogens is 1. The summed E-state index contributed by atoms with van der Waals surface area (Å²) >= 11 is 7.65. The summed E-state index contributed by atoms with van der Waals surface area (Å²) in [4.78, 5) is 21.7. The third-order valence-electron chi connectivity index (χ3n) is 3.99. The van der Waals surface area contributed by atoms with E-state index in [1.807, 2.05) is 38.1 Å². The Bertz CT molecular complexity index is 990. The minimum Gasteiger partial charge on any atom is -0.495 e. The maximum Gasteiger partial charge on any atom is 0.255 e. The molecule has 1 aromatic heterocycles. The zero-order valence-corrected chi connectivity index (χ0v) is 17.4. The average Bonchev–Trinajstić information content (AvgIpc) is 2.66.